The average Bonchev–Trinajstić information content (AvgIpc) is 3.12. The third kappa shape index (κ3) is 7.56. The fraction of sp³-hybridized carbons (Fsp3) is 0.250. The first-order valence-corrected chi connectivity index (χ1v) is 19.8. The molecule has 0 atom stereocenters. The van der Waals surface area contributed by atoms with Gasteiger partial charge in [-0.25, -0.2) is 18.4 Å². The summed E-state index contributed by atoms with van der Waals surface area (Å²) in [4.78, 5) is 24.1. The fourth-order valence-electron chi connectivity index (χ4n) is 7.15. The number of aryl methyl sites for hydroxylation is 1. The molecule has 0 amide bonds. The van der Waals surface area contributed by atoms with Crippen LogP contribution in [0.15, 0.2) is 102 Å². The number of fused-ring (bicyclic) bond motifs is 2. The molecule has 0 radical (unpaired) electrons. The number of nitrogens with one attached hydrogen (secondary N) is 1. The standard InChI is InChI=1S/C42H38ClN3O5S.C2H6/c1-24-11-18-28(19-12-24)52(49,50)46-32-22-34(51-27-16-13-25(14-17-27)42(5,6)23-41(2,3)4)38-36-35(32)39(48)30-10-8-7-9-29(30)37(36)44-40(45-38)31-21-26(43)15-20-33(31)47;1-2/h7-22,46-47H,23H2,1-6H3;1-2H3. The Bertz CT molecular complexity index is 2510. The number of nitrogens with zero attached hydrogens (tertiary/aromatic N) is 2. The van der Waals surface area contributed by atoms with Gasteiger partial charge in [0.1, 0.15) is 17.0 Å². The molecule has 2 N–H and O–H groups in total. The second kappa shape index (κ2) is 14.5. The van der Waals surface area contributed by atoms with Gasteiger partial charge in [-0.1, -0.05) is 114 Å². The van der Waals surface area contributed by atoms with Gasteiger partial charge in [0, 0.05) is 27.6 Å². The van der Waals surface area contributed by atoms with Crippen LogP contribution in [-0.4, -0.2) is 29.3 Å². The van der Waals surface area contributed by atoms with Gasteiger partial charge >= 0.3 is 0 Å². The fourth-order valence-corrected chi connectivity index (χ4v) is 8.39. The lowest BCUT2D eigenvalue weighted by atomic mass is 9.72. The zero-order valence-electron chi connectivity index (χ0n) is 31.7. The minimum absolute atomic E-state index is 0.0220. The molecule has 1 heterocycles. The van der Waals surface area contributed by atoms with Crippen molar-refractivity contribution in [3.8, 4) is 39.9 Å². The molecule has 7 rings (SSSR count). The molecule has 10 heteroatoms. The third-order valence-corrected chi connectivity index (χ3v) is 10.8. The molecule has 1 aromatic heterocycles. The number of benzene rings is 5. The van der Waals surface area contributed by atoms with Crippen LogP contribution in [0, 0.1) is 12.3 Å². The van der Waals surface area contributed by atoms with Gasteiger partial charge in [0.2, 0.25) is 0 Å². The number of sulfonamides is 1. The van der Waals surface area contributed by atoms with Crippen molar-refractivity contribution in [3.63, 3.8) is 0 Å². The van der Waals surface area contributed by atoms with E-state index < -0.39 is 15.8 Å². The second-order valence-electron chi connectivity index (χ2n) is 15.1. The third-order valence-electron chi connectivity index (χ3n) is 9.20. The summed E-state index contributed by atoms with van der Waals surface area (Å²) in [6.45, 7) is 17.0. The highest BCUT2D eigenvalue weighted by atomic mass is 35.5. The van der Waals surface area contributed by atoms with E-state index >= 15 is 0 Å². The van der Waals surface area contributed by atoms with Crippen LogP contribution >= 0.6 is 11.6 Å². The number of halogens is 1. The highest BCUT2D eigenvalue weighted by molar-refractivity contribution is 7.92. The first kappa shape index (κ1) is 38.5. The van der Waals surface area contributed by atoms with Crippen molar-refractivity contribution < 1.29 is 23.1 Å². The van der Waals surface area contributed by atoms with E-state index in [0.29, 0.717) is 33.0 Å². The minimum Gasteiger partial charge on any atom is -0.507 e. The number of aromatic nitrogens is 2. The van der Waals surface area contributed by atoms with Crippen LogP contribution < -0.4 is 9.46 Å². The predicted molar refractivity (Wildman–Crippen MR) is 217 cm³/mol. The predicted octanol–water partition coefficient (Wildman–Crippen LogP) is 11.5. The van der Waals surface area contributed by atoms with Crippen LogP contribution in [0.4, 0.5) is 5.69 Å². The van der Waals surface area contributed by atoms with Crippen molar-refractivity contribution in [3.05, 3.63) is 124 Å². The highest BCUT2D eigenvalue weighted by Crippen LogP contribution is 2.47. The summed E-state index contributed by atoms with van der Waals surface area (Å²) in [5.41, 5.74) is 3.96. The minimum atomic E-state index is -4.16. The molecule has 1 aliphatic carbocycles. The molecule has 6 aromatic rings. The normalized spacial score (nSPS) is 12.5. The van der Waals surface area contributed by atoms with Gasteiger partial charge in [-0.05, 0) is 72.2 Å². The molecule has 1 aliphatic rings. The lowest BCUT2D eigenvalue weighted by Crippen LogP contribution is -2.24. The number of rotatable bonds is 8. The summed E-state index contributed by atoms with van der Waals surface area (Å²) in [6, 6.07) is 27.3. The summed E-state index contributed by atoms with van der Waals surface area (Å²) in [7, 11) is -4.16. The Balaban J connectivity index is 0.00000245. The van der Waals surface area contributed by atoms with E-state index in [1.807, 2.05) is 45.0 Å². The van der Waals surface area contributed by atoms with E-state index in [-0.39, 0.29) is 55.4 Å². The summed E-state index contributed by atoms with van der Waals surface area (Å²) in [6.07, 6.45) is 0.963. The maximum absolute atomic E-state index is 14.3. The van der Waals surface area contributed by atoms with Crippen molar-refractivity contribution in [2.24, 2.45) is 5.41 Å². The zero-order chi connectivity index (χ0) is 39.2. The molecule has 278 valence electrons. The molecule has 0 bridgehead atoms. The van der Waals surface area contributed by atoms with Gasteiger partial charge in [-0.3, -0.25) is 9.52 Å². The maximum atomic E-state index is 14.3. The van der Waals surface area contributed by atoms with Gasteiger partial charge in [-0.2, -0.15) is 0 Å². The Morgan fingerprint density at radius 1 is 0.815 bits per heavy atom. The number of phenols is 1. The van der Waals surface area contributed by atoms with Gasteiger partial charge in [0.15, 0.2) is 17.4 Å². The first-order chi connectivity index (χ1) is 25.5. The molecular weight excluding hydrogens is 718 g/mol. The SMILES string of the molecule is CC.Cc1ccc(S(=O)(=O)Nc2cc(Oc3ccc(C(C)(C)CC(C)(C)C)cc3)c3nc(-c4cc(Cl)ccc4O)nc4c3c2C(=O)c2ccccc2-4)cc1. The van der Waals surface area contributed by atoms with E-state index in [0.717, 1.165) is 17.5 Å². The Hall–Kier alpha value is -5.25. The number of hydrogen-bond acceptors (Lipinski definition) is 7. The van der Waals surface area contributed by atoms with Gasteiger partial charge in [0.25, 0.3) is 10.0 Å². The monoisotopic (exact) mass is 761 g/mol. The molecule has 8 nitrogen and oxygen atoms in total. The van der Waals surface area contributed by atoms with Crippen molar-refractivity contribution in [1.29, 1.82) is 0 Å². The lowest BCUT2D eigenvalue weighted by molar-refractivity contribution is 0.104. The smallest absolute Gasteiger partial charge is 0.261 e. The van der Waals surface area contributed by atoms with Crippen LogP contribution in [0.25, 0.3) is 33.5 Å². The largest absolute Gasteiger partial charge is 0.507 e. The molecule has 0 aliphatic heterocycles. The number of carbonyl (C=O) groups excluding carboxylic acids is 1. The number of ketones is 1. The van der Waals surface area contributed by atoms with Crippen molar-refractivity contribution >= 4 is 44.0 Å². The molecule has 0 fully saturated rings. The Labute approximate surface area is 322 Å². The first-order valence-electron chi connectivity index (χ1n) is 17.9. The molecule has 5 aromatic carbocycles. The van der Waals surface area contributed by atoms with E-state index in [1.54, 1.807) is 48.5 Å². The van der Waals surface area contributed by atoms with Gasteiger partial charge in [0.05, 0.1) is 27.4 Å². The highest BCUT2D eigenvalue weighted by Gasteiger charge is 2.34. The zero-order valence-corrected chi connectivity index (χ0v) is 33.3. The topological polar surface area (TPSA) is 118 Å². The van der Waals surface area contributed by atoms with E-state index in [4.69, 9.17) is 26.3 Å². The molecule has 0 saturated heterocycles. The van der Waals surface area contributed by atoms with E-state index in [1.165, 1.54) is 24.3 Å². The Kier molecular flexibility index (Phi) is 10.4. The van der Waals surface area contributed by atoms with Crippen LogP contribution in [0.2, 0.25) is 5.02 Å². The van der Waals surface area contributed by atoms with Gasteiger partial charge < -0.3 is 9.84 Å². The number of hydrogen-bond donors (Lipinski definition) is 2. The number of phenolic OH excluding ortho intramolecular Hbond substituents is 1. The quantitative estimate of drug-likeness (QED) is 0.158. The summed E-state index contributed by atoms with van der Waals surface area (Å²) >= 11 is 6.35. The number of aromatic hydroxyl groups is 1. The molecule has 0 unspecified atom stereocenters. The Morgan fingerprint density at radius 2 is 1.46 bits per heavy atom. The maximum Gasteiger partial charge on any atom is 0.261 e. The van der Waals surface area contributed by atoms with E-state index in [2.05, 4.69) is 39.3 Å². The number of anilines is 1. The van der Waals surface area contributed by atoms with Crippen molar-refractivity contribution in [2.45, 2.75) is 72.1 Å². The molecule has 0 spiro atoms. The number of carbonyl (C=O) groups is 1. The van der Waals surface area contributed by atoms with Crippen LogP contribution in [0.3, 0.4) is 0 Å². The van der Waals surface area contributed by atoms with E-state index in [9.17, 15) is 18.3 Å². The molecule has 0 saturated carbocycles. The summed E-state index contributed by atoms with van der Waals surface area (Å²) in [5, 5.41) is 11.6. The van der Waals surface area contributed by atoms with Crippen LogP contribution in [0.1, 0.15) is 81.9 Å². The van der Waals surface area contributed by atoms with Crippen molar-refractivity contribution in [2.75, 3.05) is 4.72 Å². The molecule has 54 heavy (non-hydrogen) atoms. The summed E-state index contributed by atoms with van der Waals surface area (Å²) in [5.74, 6) is 0.326. The van der Waals surface area contributed by atoms with Crippen LogP contribution in [-0.2, 0) is 15.4 Å². The van der Waals surface area contributed by atoms with Crippen LogP contribution in [0.5, 0.6) is 17.2 Å². The number of ether oxygens (including phenoxy) is 1. The molecular formula is C44H44ClN3O5S. The summed E-state index contributed by atoms with van der Waals surface area (Å²) < 4.78 is 36.9. The van der Waals surface area contributed by atoms with Crippen molar-refractivity contribution in [1.82, 2.24) is 9.97 Å². The second-order valence-corrected chi connectivity index (χ2v) is 17.2. The Morgan fingerprint density at radius 3 is 2.11 bits per heavy atom. The lowest BCUT2D eigenvalue weighted by Gasteiger charge is -2.33. The average molecular weight is 762 g/mol. The van der Waals surface area contributed by atoms with Gasteiger partial charge in [-0.15, -0.1) is 0 Å².